The monoisotopic (exact) mass is 467 g/mol. The Labute approximate surface area is 202 Å². The molecule has 1 aliphatic carbocycles. The van der Waals surface area contributed by atoms with Crippen molar-refractivity contribution in [3.8, 4) is 0 Å². The second-order valence-electron chi connectivity index (χ2n) is 10.6. The highest BCUT2D eigenvalue weighted by molar-refractivity contribution is 7.17. The number of hydrogen-bond donors (Lipinski definition) is 2. The van der Waals surface area contributed by atoms with Crippen molar-refractivity contribution in [2.24, 2.45) is 11.3 Å². The fraction of sp³-hybridized carbons (Fsp3) is 0.556. The highest BCUT2D eigenvalue weighted by Gasteiger charge is 2.34. The molecular weight excluding hydrogens is 430 g/mol. The fourth-order valence-electron chi connectivity index (χ4n) is 5.03. The Kier molecular flexibility index (Phi) is 7.55. The molecule has 2 aliphatic rings. The number of amides is 2. The molecule has 1 aromatic carbocycles. The molecule has 0 saturated carbocycles. The summed E-state index contributed by atoms with van der Waals surface area (Å²) in [5, 5.41) is 6.89. The normalized spacial score (nSPS) is 19.4. The lowest BCUT2D eigenvalue weighted by atomic mass is 9.72. The Morgan fingerprint density at radius 2 is 1.73 bits per heavy atom. The van der Waals surface area contributed by atoms with Gasteiger partial charge < -0.3 is 10.6 Å². The Bertz CT molecular complexity index is 969. The number of carbonyl (C=O) groups is 2. The van der Waals surface area contributed by atoms with Crippen LogP contribution < -0.4 is 10.6 Å². The third-order valence-corrected chi connectivity index (χ3v) is 8.24. The molecule has 1 fully saturated rings. The summed E-state index contributed by atoms with van der Waals surface area (Å²) in [4.78, 5) is 29.9. The molecule has 0 bridgehead atoms. The quantitative estimate of drug-likeness (QED) is 0.570. The molecule has 2 amide bonds. The second-order valence-corrected chi connectivity index (χ2v) is 11.7. The molecule has 1 aliphatic heterocycles. The maximum absolute atomic E-state index is 13.4. The van der Waals surface area contributed by atoms with Crippen LogP contribution in [0.25, 0.3) is 0 Å². The Morgan fingerprint density at radius 1 is 1.03 bits per heavy atom. The van der Waals surface area contributed by atoms with Gasteiger partial charge in [0, 0.05) is 10.6 Å². The van der Waals surface area contributed by atoms with Gasteiger partial charge in [-0.2, -0.15) is 0 Å². The number of carbonyl (C=O) groups excluding carboxylic acids is 2. The summed E-state index contributed by atoms with van der Waals surface area (Å²) in [5.74, 6) is 0.434. The number of thiophene rings is 1. The average Bonchev–Trinajstić information content (AvgIpc) is 2.92. The number of anilines is 2. The van der Waals surface area contributed by atoms with Gasteiger partial charge in [-0.1, -0.05) is 51.8 Å². The first-order valence-electron chi connectivity index (χ1n) is 12.3. The lowest BCUT2D eigenvalue weighted by molar-refractivity contribution is -0.117. The van der Waals surface area contributed by atoms with Gasteiger partial charge in [-0.05, 0) is 74.2 Å². The predicted octanol–water partition coefficient (Wildman–Crippen LogP) is 5.97. The van der Waals surface area contributed by atoms with E-state index >= 15 is 0 Å². The first-order valence-corrected chi connectivity index (χ1v) is 13.2. The van der Waals surface area contributed by atoms with E-state index < -0.39 is 0 Å². The fourth-order valence-corrected chi connectivity index (χ4v) is 6.37. The number of nitrogens with zero attached hydrogens (tertiary/aromatic N) is 1. The van der Waals surface area contributed by atoms with Gasteiger partial charge in [-0.25, -0.2) is 0 Å². The van der Waals surface area contributed by atoms with Crippen LogP contribution in [0.2, 0.25) is 0 Å². The van der Waals surface area contributed by atoms with Crippen molar-refractivity contribution in [2.45, 2.75) is 65.7 Å². The molecule has 2 aromatic rings. The molecule has 1 unspecified atom stereocenters. The van der Waals surface area contributed by atoms with E-state index in [0.29, 0.717) is 23.0 Å². The van der Waals surface area contributed by atoms with E-state index in [9.17, 15) is 9.59 Å². The number of fused-ring (bicyclic) bond motifs is 1. The number of likely N-dealkylation sites (tertiary alicyclic amines) is 1. The number of nitrogens with one attached hydrogen (secondary N) is 2. The largest absolute Gasteiger partial charge is 0.322 e. The Balaban J connectivity index is 1.57. The van der Waals surface area contributed by atoms with Crippen molar-refractivity contribution in [3.05, 3.63) is 46.3 Å². The molecular formula is C27H37N3O2S. The summed E-state index contributed by atoms with van der Waals surface area (Å²) in [5.41, 5.74) is 2.78. The van der Waals surface area contributed by atoms with Crippen molar-refractivity contribution < 1.29 is 9.59 Å². The van der Waals surface area contributed by atoms with Gasteiger partial charge in [0.15, 0.2) is 0 Å². The van der Waals surface area contributed by atoms with Gasteiger partial charge >= 0.3 is 0 Å². The van der Waals surface area contributed by atoms with Crippen LogP contribution in [0.4, 0.5) is 10.7 Å². The minimum absolute atomic E-state index is 0.0170. The van der Waals surface area contributed by atoms with E-state index in [-0.39, 0.29) is 17.2 Å². The van der Waals surface area contributed by atoms with Crippen molar-refractivity contribution in [2.75, 3.05) is 30.3 Å². The SMILES string of the molecule is CC(C)(C)C1CCc2c(sc(NC(=O)CN3CCCCCC3)c2C(=O)Nc2ccccc2)C1. The van der Waals surface area contributed by atoms with Crippen LogP contribution in [0.1, 0.15) is 73.7 Å². The lowest BCUT2D eigenvalue weighted by Gasteiger charge is -2.33. The van der Waals surface area contributed by atoms with E-state index in [1.54, 1.807) is 11.3 Å². The maximum Gasteiger partial charge on any atom is 0.258 e. The van der Waals surface area contributed by atoms with E-state index in [4.69, 9.17) is 0 Å². The predicted molar refractivity (Wildman–Crippen MR) is 137 cm³/mol. The molecule has 2 N–H and O–H groups in total. The van der Waals surface area contributed by atoms with Gasteiger partial charge in [-0.3, -0.25) is 14.5 Å². The summed E-state index contributed by atoms with van der Waals surface area (Å²) in [7, 11) is 0. The number of rotatable bonds is 5. The van der Waals surface area contributed by atoms with Gasteiger partial charge in [0.2, 0.25) is 5.91 Å². The van der Waals surface area contributed by atoms with Gasteiger partial charge in [0.25, 0.3) is 5.91 Å². The van der Waals surface area contributed by atoms with Crippen LogP contribution in [-0.4, -0.2) is 36.3 Å². The maximum atomic E-state index is 13.4. The van der Waals surface area contributed by atoms with E-state index in [1.165, 1.54) is 17.7 Å². The standard InChI is InChI=1S/C27H37N3O2S/c1-27(2,3)19-13-14-21-22(17-19)33-26(24(21)25(32)28-20-11-7-6-8-12-20)29-23(31)18-30-15-9-4-5-10-16-30/h6-8,11-12,19H,4-5,9-10,13-18H2,1-3H3,(H,28,32)(H,29,31). The first kappa shape index (κ1) is 24.0. The van der Waals surface area contributed by atoms with Crippen LogP contribution in [0, 0.1) is 11.3 Å². The summed E-state index contributed by atoms with van der Waals surface area (Å²) in [6.07, 6.45) is 7.71. The molecule has 2 heterocycles. The molecule has 1 aromatic heterocycles. The Hall–Kier alpha value is -2.18. The first-order chi connectivity index (χ1) is 15.8. The third kappa shape index (κ3) is 6.04. The zero-order valence-electron chi connectivity index (χ0n) is 20.2. The van der Waals surface area contributed by atoms with Crippen molar-refractivity contribution >= 4 is 33.8 Å². The summed E-state index contributed by atoms with van der Waals surface area (Å²) in [6.45, 7) is 9.23. The number of hydrogen-bond acceptors (Lipinski definition) is 4. The summed E-state index contributed by atoms with van der Waals surface area (Å²) >= 11 is 1.60. The zero-order valence-corrected chi connectivity index (χ0v) is 21.0. The molecule has 0 radical (unpaired) electrons. The second kappa shape index (κ2) is 10.4. The van der Waals surface area contributed by atoms with Gasteiger partial charge in [-0.15, -0.1) is 11.3 Å². The van der Waals surface area contributed by atoms with Crippen LogP contribution in [-0.2, 0) is 17.6 Å². The van der Waals surface area contributed by atoms with Gasteiger partial charge in [0.05, 0.1) is 12.1 Å². The van der Waals surface area contributed by atoms with Crippen LogP contribution in [0.5, 0.6) is 0 Å². The number of benzene rings is 1. The van der Waals surface area contributed by atoms with Crippen LogP contribution in [0.15, 0.2) is 30.3 Å². The van der Waals surface area contributed by atoms with Crippen molar-refractivity contribution in [1.29, 1.82) is 0 Å². The van der Waals surface area contributed by atoms with Gasteiger partial charge in [0.1, 0.15) is 5.00 Å². The zero-order chi connectivity index (χ0) is 23.4. The summed E-state index contributed by atoms with van der Waals surface area (Å²) in [6, 6.07) is 9.55. The molecule has 178 valence electrons. The van der Waals surface area contributed by atoms with Crippen molar-refractivity contribution in [3.63, 3.8) is 0 Å². The highest BCUT2D eigenvalue weighted by atomic mass is 32.1. The highest BCUT2D eigenvalue weighted by Crippen LogP contribution is 2.44. The minimum Gasteiger partial charge on any atom is -0.322 e. The third-order valence-electron chi connectivity index (χ3n) is 7.07. The Morgan fingerprint density at radius 3 is 2.39 bits per heavy atom. The van der Waals surface area contributed by atoms with Crippen LogP contribution >= 0.6 is 11.3 Å². The molecule has 5 nitrogen and oxygen atoms in total. The average molecular weight is 468 g/mol. The topological polar surface area (TPSA) is 61.4 Å². The molecule has 1 saturated heterocycles. The molecule has 4 rings (SSSR count). The molecule has 6 heteroatoms. The van der Waals surface area contributed by atoms with E-state index in [0.717, 1.165) is 56.4 Å². The summed E-state index contributed by atoms with van der Waals surface area (Å²) < 4.78 is 0. The molecule has 1 atom stereocenters. The van der Waals surface area contributed by atoms with Crippen molar-refractivity contribution in [1.82, 2.24) is 4.90 Å². The van der Waals surface area contributed by atoms with E-state index in [2.05, 4.69) is 36.3 Å². The molecule has 33 heavy (non-hydrogen) atoms. The molecule has 0 spiro atoms. The number of para-hydroxylation sites is 1. The smallest absolute Gasteiger partial charge is 0.258 e. The van der Waals surface area contributed by atoms with E-state index in [1.807, 2.05) is 30.3 Å². The van der Waals surface area contributed by atoms with Crippen LogP contribution in [0.3, 0.4) is 0 Å². The minimum atomic E-state index is -0.127. The lowest BCUT2D eigenvalue weighted by Crippen LogP contribution is -2.34.